The number of hydrogen-bond acceptors (Lipinski definition) is 5. The van der Waals surface area contributed by atoms with E-state index in [9.17, 15) is 24.0 Å². The van der Waals surface area contributed by atoms with Gasteiger partial charge in [-0.25, -0.2) is 0 Å². The van der Waals surface area contributed by atoms with E-state index in [2.05, 4.69) is 0 Å². The molecule has 1 heterocycles. The van der Waals surface area contributed by atoms with Crippen LogP contribution >= 0.6 is 0 Å². The average molecular weight is 228 g/mol. The minimum atomic E-state index is -1.44. The fraction of sp³-hybridized carbons (Fsp3) is 0.375. The number of imide groups is 2. The normalized spacial score (nSPS) is 20.9. The highest BCUT2D eigenvalue weighted by Crippen LogP contribution is 2.12. The Morgan fingerprint density at radius 2 is 2.00 bits per heavy atom. The van der Waals surface area contributed by atoms with Crippen LogP contribution in [0.1, 0.15) is 6.42 Å². The van der Waals surface area contributed by atoms with E-state index < -0.39 is 36.8 Å². The van der Waals surface area contributed by atoms with E-state index in [1.54, 1.807) is 0 Å². The highest BCUT2D eigenvalue weighted by Gasteiger charge is 2.40. The van der Waals surface area contributed by atoms with E-state index in [1.165, 1.54) is 0 Å². The number of carboxylic acid groups (broad SMARTS) is 1. The van der Waals surface area contributed by atoms with Gasteiger partial charge in [0.25, 0.3) is 5.91 Å². The Morgan fingerprint density at radius 3 is 2.44 bits per heavy atom. The lowest BCUT2D eigenvalue weighted by atomic mass is 10.1. The van der Waals surface area contributed by atoms with Crippen molar-refractivity contribution in [2.24, 2.45) is 0 Å². The lowest BCUT2D eigenvalue weighted by molar-refractivity contribution is -0.163. The summed E-state index contributed by atoms with van der Waals surface area (Å²) in [4.78, 5) is 55.3. The van der Waals surface area contributed by atoms with E-state index in [1.807, 2.05) is 0 Å². The summed E-state index contributed by atoms with van der Waals surface area (Å²) in [5.41, 5.74) is 0. The SMILES string of the molecule is O=CN1CC(=O)N(C=O)C(CC(=O)O)C1=O. The number of amides is 4. The van der Waals surface area contributed by atoms with Crippen molar-refractivity contribution in [2.75, 3.05) is 6.54 Å². The van der Waals surface area contributed by atoms with Gasteiger partial charge in [-0.2, -0.15) is 0 Å². The predicted molar refractivity (Wildman–Crippen MR) is 46.7 cm³/mol. The van der Waals surface area contributed by atoms with E-state index in [4.69, 9.17) is 5.11 Å². The Kier molecular flexibility index (Phi) is 3.33. The van der Waals surface area contributed by atoms with Gasteiger partial charge in [0.05, 0.1) is 6.42 Å². The third-order valence-electron chi connectivity index (χ3n) is 2.11. The quantitative estimate of drug-likeness (QED) is 0.547. The molecule has 1 fully saturated rings. The molecule has 0 aromatic rings. The molecule has 1 N–H and O–H groups in total. The second kappa shape index (κ2) is 4.51. The van der Waals surface area contributed by atoms with Crippen molar-refractivity contribution in [1.29, 1.82) is 0 Å². The van der Waals surface area contributed by atoms with Crippen molar-refractivity contribution in [1.82, 2.24) is 9.80 Å². The van der Waals surface area contributed by atoms with Crippen molar-refractivity contribution >= 4 is 30.6 Å². The highest BCUT2D eigenvalue weighted by atomic mass is 16.4. The summed E-state index contributed by atoms with van der Waals surface area (Å²) in [5, 5.41) is 8.53. The number of carbonyl (C=O) groups is 5. The zero-order valence-corrected chi connectivity index (χ0v) is 8.03. The van der Waals surface area contributed by atoms with Gasteiger partial charge in [-0.3, -0.25) is 33.8 Å². The van der Waals surface area contributed by atoms with Gasteiger partial charge in [0.15, 0.2) is 0 Å². The van der Waals surface area contributed by atoms with Crippen LogP contribution in [-0.2, 0) is 24.0 Å². The van der Waals surface area contributed by atoms with Crippen LogP contribution in [0.5, 0.6) is 0 Å². The van der Waals surface area contributed by atoms with Crippen LogP contribution in [0, 0.1) is 0 Å². The monoisotopic (exact) mass is 228 g/mol. The highest BCUT2D eigenvalue weighted by molar-refractivity contribution is 6.05. The van der Waals surface area contributed by atoms with Crippen molar-refractivity contribution in [3.63, 3.8) is 0 Å². The van der Waals surface area contributed by atoms with Crippen LogP contribution in [-0.4, -0.2) is 58.1 Å². The second-order valence-electron chi connectivity index (χ2n) is 3.09. The number of carboxylic acids is 1. The summed E-state index contributed by atoms with van der Waals surface area (Å²) in [6.07, 6.45) is -0.485. The van der Waals surface area contributed by atoms with Gasteiger partial charge in [-0.05, 0) is 0 Å². The molecular weight excluding hydrogens is 220 g/mol. The molecule has 1 saturated heterocycles. The molecule has 0 aromatic carbocycles. The molecule has 1 atom stereocenters. The van der Waals surface area contributed by atoms with Gasteiger partial charge in [0.2, 0.25) is 18.7 Å². The molecule has 0 radical (unpaired) electrons. The summed E-state index contributed by atoms with van der Waals surface area (Å²) in [6.45, 7) is -0.544. The molecule has 1 aliphatic rings. The Balaban J connectivity index is 2.99. The van der Waals surface area contributed by atoms with Crippen LogP contribution in [0.15, 0.2) is 0 Å². The van der Waals surface area contributed by atoms with Crippen molar-refractivity contribution in [3.05, 3.63) is 0 Å². The predicted octanol–water partition coefficient (Wildman–Crippen LogP) is -2.19. The number of piperazine rings is 1. The fourth-order valence-corrected chi connectivity index (χ4v) is 1.36. The molecule has 0 aliphatic carbocycles. The maximum atomic E-state index is 11.5. The first-order valence-corrected chi connectivity index (χ1v) is 4.25. The minimum Gasteiger partial charge on any atom is -0.481 e. The maximum absolute atomic E-state index is 11.5. The number of hydrogen-bond donors (Lipinski definition) is 1. The van der Waals surface area contributed by atoms with Gasteiger partial charge in [-0.1, -0.05) is 0 Å². The number of carbonyl (C=O) groups excluding carboxylic acids is 4. The summed E-state index contributed by atoms with van der Waals surface area (Å²) < 4.78 is 0. The minimum absolute atomic E-state index is 0.0932. The van der Waals surface area contributed by atoms with Crippen molar-refractivity contribution in [2.45, 2.75) is 12.5 Å². The topological polar surface area (TPSA) is 112 Å². The molecule has 0 aromatic heterocycles. The number of nitrogens with zero attached hydrogens (tertiary/aromatic N) is 2. The first-order valence-electron chi connectivity index (χ1n) is 4.25. The van der Waals surface area contributed by atoms with E-state index in [0.717, 1.165) is 0 Å². The van der Waals surface area contributed by atoms with E-state index in [-0.39, 0.29) is 12.8 Å². The summed E-state index contributed by atoms with van der Waals surface area (Å²) in [5.74, 6) is -3.00. The van der Waals surface area contributed by atoms with Gasteiger partial charge in [-0.15, -0.1) is 0 Å². The molecule has 1 unspecified atom stereocenters. The van der Waals surface area contributed by atoms with E-state index in [0.29, 0.717) is 9.80 Å². The fourth-order valence-electron chi connectivity index (χ4n) is 1.36. The Labute approximate surface area is 89.4 Å². The first-order chi connectivity index (χ1) is 7.51. The average Bonchev–Trinajstić information content (AvgIpc) is 2.22. The molecule has 0 spiro atoms. The molecule has 86 valence electrons. The van der Waals surface area contributed by atoms with E-state index >= 15 is 0 Å². The van der Waals surface area contributed by atoms with Crippen molar-refractivity contribution < 1.29 is 29.1 Å². The lowest BCUT2D eigenvalue weighted by Gasteiger charge is -2.33. The van der Waals surface area contributed by atoms with Gasteiger partial charge < -0.3 is 5.11 Å². The van der Waals surface area contributed by atoms with Gasteiger partial charge in [0, 0.05) is 0 Å². The molecular formula is C8H8N2O6. The number of rotatable bonds is 4. The molecule has 0 saturated carbocycles. The Bertz CT molecular complexity index is 366. The smallest absolute Gasteiger partial charge is 0.306 e. The Hall–Kier alpha value is -2.25. The zero-order valence-electron chi connectivity index (χ0n) is 8.03. The van der Waals surface area contributed by atoms with Crippen LogP contribution in [0.3, 0.4) is 0 Å². The molecule has 1 aliphatic heterocycles. The van der Waals surface area contributed by atoms with Crippen LogP contribution in [0.2, 0.25) is 0 Å². The van der Waals surface area contributed by atoms with Crippen LogP contribution < -0.4 is 0 Å². The first kappa shape index (κ1) is 11.8. The van der Waals surface area contributed by atoms with Gasteiger partial charge >= 0.3 is 5.97 Å². The molecule has 8 nitrogen and oxygen atoms in total. The van der Waals surface area contributed by atoms with Gasteiger partial charge in [0.1, 0.15) is 12.6 Å². The molecule has 1 rings (SSSR count). The maximum Gasteiger partial charge on any atom is 0.306 e. The standard InChI is InChI=1S/C8H8N2O6/c11-3-9-2-6(13)10(4-12)5(8(9)16)1-7(14)15/h3-5H,1-2H2,(H,14,15). The zero-order chi connectivity index (χ0) is 12.3. The van der Waals surface area contributed by atoms with Crippen LogP contribution in [0.25, 0.3) is 0 Å². The third kappa shape index (κ3) is 2.05. The summed E-state index contributed by atoms with van der Waals surface area (Å²) in [6, 6.07) is -1.44. The summed E-state index contributed by atoms with van der Waals surface area (Å²) in [7, 11) is 0. The molecule has 0 bridgehead atoms. The molecule has 8 heteroatoms. The third-order valence-corrected chi connectivity index (χ3v) is 2.11. The molecule has 16 heavy (non-hydrogen) atoms. The Morgan fingerprint density at radius 1 is 1.38 bits per heavy atom. The summed E-state index contributed by atoms with van der Waals surface area (Å²) >= 11 is 0. The largest absolute Gasteiger partial charge is 0.481 e. The molecule has 4 amide bonds. The lowest BCUT2D eigenvalue weighted by Crippen LogP contribution is -2.59. The second-order valence-corrected chi connectivity index (χ2v) is 3.09. The van der Waals surface area contributed by atoms with Crippen molar-refractivity contribution in [3.8, 4) is 0 Å². The number of aliphatic carboxylic acids is 1. The van der Waals surface area contributed by atoms with Crippen LogP contribution in [0.4, 0.5) is 0 Å².